The number of hydrogen-bond acceptors (Lipinski definition) is 4. The highest BCUT2D eigenvalue weighted by molar-refractivity contribution is 7.09. The highest BCUT2D eigenvalue weighted by Gasteiger charge is 2.20. The second-order valence-corrected chi connectivity index (χ2v) is 6.05. The summed E-state index contributed by atoms with van der Waals surface area (Å²) in [5.41, 5.74) is 6.80. The van der Waals surface area contributed by atoms with E-state index in [1.54, 1.807) is 11.3 Å². The van der Waals surface area contributed by atoms with E-state index in [1.165, 1.54) is 0 Å². The summed E-state index contributed by atoms with van der Waals surface area (Å²) in [6, 6.07) is 0. The molecule has 0 radical (unpaired) electrons. The molecule has 1 heterocycles. The van der Waals surface area contributed by atoms with Gasteiger partial charge in [0, 0.05) is 30.4 Å². The van der Waals surface area contributed by atoms with Gasteiger partial charge in [-0.25, -0.2) is 4.98 Å². The van der Waals surface area contributed by atoms with E-state index >= 15 is 0 Å². The maximum absolute atomic E-state index is 5.53. The molecular weight excluding hydrogens is 230 g/mol. The molecule has 0 unspecified atom stereocenters. The SMILES string of the molecule is C=CCN(Cc1csc(CCN)n1)C(C)(C)C. The summed E-state index contributed by atoms with van der Waals surface area (Å²) < 4.78 is 0. The van der Waals surface area contributed by atoms with E-state index in [9.17, 15) is 0 Å². The zero-order chi connectivity index (χ0) is 12.9. The Morgan fingerprint density at radius 2 is 2.24 bits per heavy atom. The third-order valence-electron chi connectivity index (χ3n) is 2.61. The van der Waals surface area contributed by atoms with Gasteiger partial charge in [0.25, 0.3) is 0 Å². The monoisotopic (exact) mass is 253 g/mol. The van der Waals surface area contributed by atoms with Crippen LogP contribution in [0.15, 0.2) is 18.0 Å². The van der Waals surface area contributed by atoms with Crippen molar-refractivity contribution in [2.75, 3.05) is 13.1 Å². The van der Waals surface area contributed by atoms with Crippen LogP contribution in [0.1, 0.15) is 31.5 Å². The van der Waals surface area contributed by atoms with E-state index in [1.807, 2.05) is 6.08 Å². The Balaban J connectivity index is 2.68. The minimum atomic E-state index is 0.131. The summed E-state index contributed by atoms with van der Waals surface area (Å²) in [4.78, 5) is 6.96. The van der Waals surface area contributed by atoms with Crippen molar-refractivity contribution in [3.05, 3.63) is 28.7 Å². The van der Waals surface area contributed by atoms with Crippen LogP contribution in [0, 0.1) is 0 Å². The molecule has 0 spiro atoms. The summed E-state index contributed by atoms with van der Waals surface area (Å²) in [6.45, 7) is 12.9. The first-order chi connectivity index (χ1) is 7.97. The van der Waals surface area contributed by atoms with Crippen molar-refractivity contribution in [1.29, 1.82) is 0 Å². The van der Waals surface area contributed by atoms with Crippen LogP contribution in [0.3, 0.4) is 0 Å². The van der Waals surface area contributed by atoms with Crippen molar-refractivity contribution in [1.82, 2.24) is 9.88 Å². The Kier molecular flexibility index (Phi) is 5.31. The van der Waals surface area contributed by atoms with Crippen LogP contribution in [-0.4, -0.2) is 28.5 Å². The average Bonchev–Trinajstić information content (AvgIpc) is 2.64. The number of nitrogens with zero attached hydrogens (tertiary/aromatic N) is 2. The van der Waals surface area contributed by atoms with Gasteiger partial charge in [0.1, 0.15) is 0 Å². The topological polar surface area (TPSA) is 42.1 Å². The molecular formula is C13H23N3S. The molecule has 2 N–H and O–H groups in total. The summed E-state index contributed by atoms with van der Waals surface area (Å²) in [5, 5.41) is 3.27. The Morgan fingerprint density at radius 1 is 1.53 bits per heavy atom. The molecule has 96 valence electrons. The second kappa shape index (κ2) is 6.28. The molecule has 0 bridgehead atoms. The van der Waals surface area contributed by atoms with Crippen molar-refractivity contribution >= 4 is 11.3 Å². The first kappa shape index (κ1) is 14.4. The zero-order valence-corrected chi connectivity index (χ0v) is 11.9. The van der Waals surface area contributed by atoms with Crippen LogP contribution in [0.5, 0.6) is 0 Å². The van der Waals surface area contributed by atoms with Crippen LogP contribution < -0.4 is 5.73 Å². The lowest BCUT2D eigenvalue weighted by Gasteiger charge is -2.34. The normalized spacial score (nSPS) is 12.1. The average molecular weight is 253 g/mol. The van der Waals surface area contributed by atoms with Gasteiger partial charge in [0.15, 0.2) is 0 Å². The fraction of sp³-hybridized carbons (Fsp3) is 0.615. The number of nitrogens with two attached hydrogens (primary N) is 1. The van der Waals surface area contributed by atoms with E-state index < -0.39 is 0 Å². The Labute approximate surface area is 108 Å². The van der Waals surface area contributed by atoms with Gasteiger partial charge < -0.3 is 5.73 Å². The Hall–Kier alpha value is -0.710. The van der Waals surface area contributed by atoms with Crippen molar-refractivity contribution in [2.45, 2.75) is 39.3 Å². The number of aromatic nitrogens is 1. The molecule has 0 saturated heterocycles. The van der Waals surface area contributed by atoms with Gasteiger partial charge >= 0.3 is 0 Å². The highest BCUT2D eigenvalue weighted by Crippen LogP contribution is 2.18. The summed E-state index contributed by atoms with van der Waals surface area (Å²) in [6.07, 6.45) is 2.82. The zero-order valence-electron chi connectivity index (χ0n) is 11.1. The van der Waals surface area contributed by atoms with E-state index in [4.69, 9.17) is 5.73 Å². The van der Waals surface area contributed by atoms with Gasteiger partial charge in [0.2, 0.25) is 0 Å². The maximum atomic E-state index is 5.53. The first-order valence-corrected chi connectivity index (χ1v) is 6.84. The molecule has 0 saturated carbocycles. The van der Waals surface area contributed by atoms with Gasteiger partial charge in [-0.15, -0.1) is 17.9 Å². The maximum Gasteiger partial charge on any atom is 0.0941 e. The Bertz CT molecular complexity index is 352. The standard InChI is InChI=1S/C13H23N3S/c1-5-8-16(13(2,3)4)9-11-10-17-12(15-11)6-7-14/h5,10H,1,6-9,14H2,2-4H3. The molecule has 0 aliphatic heterocycles. The van der Waals surface area contributed by atoms with Crippen molar-refractivity contribution in [2.24, 2.45) is 5.73 Å². The third-order valence-corrected chi connectivity index (χ3v) is 3.57. The molecule has 17 heavy (non-hydrogen) atoms. The fourth-order valence-corrected chi connectivity index (χ4v) is 2.39. The lowest BCUT2D eigenvalue weighted by molar-refractivity contribution is 0.144. The van der Waals surface area contributed by atoms with Crippen molar-refractivity contribution in [3.63, 3.8) is 0 Å². The molecule has 1 rings (SSSR count). The molecule has 0 amide bonds. The lowest BCUT2D eigenvalue weighted by atomic mass is 10.1. The predicted molar refractivity (Wildman–Crippen MR) is 75.2 cm³/mol. The van der Waals surface area contributed by atoms with Gasteiger partial charge in [-0.3, -0.25) is 4.90 Å². The van der Waals surface area contributed by atoms with Crippen molar-refractivity contribution in [3.8, 4) is 0 Å². The molecule has 0 aliphatic carbocycles. The molecule has 1 aromatic rings. The van der Waals surface area contributed by atoms with Crippen LogP contribution in [0.4, 0.5) is 0 Å². The molecule has 1 aromatic heterocycles. The minimum absolute atomic E-state index is 0.131. The lowest BCUT2D eigenvalue weighted by Crippen LogP contribution is -2.40. The Morgan fingerprint density at radius 3 is 2.76 bits per heavy atom. The van der Waals surface area contributed by atoms with E-state index in [0.29, 0.717) is 6.54 Å². The quantitative estimate of drug-likeness (QED) is 0.792. The molecule has 0 fully saturated rings. The van der Waals surface area contributed by atoms with Crippen molar-refractivity contribution < 1.29 is 0 Å². The van der Waals surface area contributed by atoms with E-state index in [2.05, 4.69) is 42.6 Å². The molecule has 0 atom stereocenters. The minimum Gasteiger partial charge on any atom is -0.330 e. The van der Waals surface area contributed by atoms with E-state index in [0.717, 1.165) is 30.2 Å². The smallest absolute Gasteiger partial charge is 0.0941 e. The summed E-state index contributed by atoms with van der Waals surface area (Å²) in [7, 11) is 0. The number of rotatable bonds is 6. The molecule has 3 nitrogen and oxygen atoms in total. The van der Waals surface area contributed by atoms with Crippen LogP contribution in [-0.2, 0) is 13.0 Å². The largest absolute Gasteiger partial charge is 0.330 e. The molecule has 4 heteroatoms. The second-order valence-electron chi connectivity index (χ2n) is 5.11. The highest BCUT2D eigenvalue weighted by atomic mass is 32.1. The van der Waals surface area contributed by atoms with Gasteiger partial charge in [-0.2, -0.15) is 0 Å². The van der Waals surface area contributed by atoms with Crippen LogP contribution in [0.2, 0.25) is 0 Å². The van der Waals surface area contributed by atoms with Crippen LogP contribution in [0.25, 0.3) is 0 Å². The van der Waals surface area contributed by atoms with Gasteiger partial charge in [0.05, 0.1) is 10.7 Å². The predicted octanol–water partition coefficient (Wildman–Crippen LogP) is 2.43. The third kappa shape index (κ3) is 4.58. The fourth-order valence-electron chi connectivity index (χ4n) is 1.59. The summed E-state index contributed by atoms with van der Waals surface area (Å²) >= 11 is 1.70. The molecule has 0 aromatic carbocycles. The van der Waals surface area contributed by atoms with Gasteiger partial charge in [-0.05, 0) is 27.3 Å². The number of hydrogen-bond donors (Lipinski definition) is 1. The molecule has 0 aliphatic rings. The first-order valence-electron chi connectivity index (χ1n) is 5.96. The summed E-state index contributed by atoms with van der Waals surface area (Å²) in [5.74, 6) is 0. The van der Waals surface area contributed by atoms with Crippen LogP contribution >= 0.6 is 11.3 Å². The van der Waals surface area contributed by atoms with Gasteiger partial charge in [-0.1, -0.05) is 6.08 Å². The van der Waals surface area contributed by atoms with E-state index in [-0.39, 0.29) is 5.54 Å². The number of thiazole rings is 1.